The van der Waals surface area contributed by atoms with Crippen molar-refractivity contribution in [2.24, 2.45) is 0 Å². The number of alkyl halides is 6. The van der Waals surface area contributed by atoms with E-state index in [4.69, 9.17) is 0 Å². The van der Waals surface area contributed by atoms with Crippen molar-refractivity contribution in [2.45, 2.75) is 24.5 Å². The van der Waals surface area contributed by atoms with Crippen molar-refractivity contribution in [3.63, 3.8) is 0 Å². The fraction of sp³-hybridized carbons (Fsp3) is 0.286. The molecule has 0 bridgehead atoms. The molecule has 0 spiro atoms. The van der Waals surface area contributed by atoms with Crippen molar-refractivity contribution in [2.75, 3.05) is 14.1 Å². The number of halogens is 6. The first kappa shape index (κ1) is 22.7. The van der Waals surface area contributed by atoms with Crippen molar-refractivity contribution in [3.05, 3.63) is 71.4 Å². The molecule has 0 atom stereocenters. The summed E-state index contributed by atoms with van der Waals surface area (Å²) in [6.07, 6.45) is -10.2. The second kappa shape index (κ2) is 7.60. The molecule has 31 heavy (non-hydrogen) atoms. The number of fused-ring (bicyclic) bond motifs is 1. The van der Waals surface area contributed by atoms with E-state index < -0.39 is 23.5 Å². The largest absolute Gasteiger partial charge is 0.430 e. The molecule has 0 aliphatic carbocycles. The van der Waals surface area contributed by atoms with E-state index in [0.29, 0.717) is 23.3 Å². The zero-order chi connectivity index (χ0) is 23.2. The molecule has 0 aliphatic rings. The number of benzene rings is 2. The van der Waals surface area contributed by atoms with E-state index in [0.717, 1.165) is 23.0 Å². The second-order valence-corrected chi connectivity index (χ2v) is 7.32. The van der Waals surface area contributed by atoms with Crippen LogP contribution in [0.5, 0.6) is 0 Å². The molecule has 2 aromatic carbocycles. The van der Waals surface area contributed by atoms with Crippen LogP contribution >= 0.6 is 0 Å². The van der Waals surface area contributed by atoms with Crippen molar-refractivity contribution < 1.29 is 36.2 Å². The third kappa shape index (κ3) is 3.99. The molecule has 1 amide bonds. The quantitative estimate of drug-likeness (QED) is 0.593. The first-order valence-electron chi connectivity index (χ1n) is 9.01. The van der Waals surface area contributed by atoms with Crippen LogP contribution in [0.2, 0.25) is 0 Å². The Morgan fingerprint density at radius 1 is 0.935 bits per heavy atom. The van der Waals surface area contributed by atoms with E-state index in [1.165, 1.54) is 4.90 Å². The second-order valence-electron chi connectivity index (χ2n) is 7.32. The van der Waals surface area contributed by atoms with E-state index in [2.05, 4.69) is 0 Å². The average Bonchev–Trinajstić information content (AvgIpc) is 3.07. The summed E-state index contributed by atoms with van der Waals surface area (Å²) in [5.41, 5.74) is -4.60. The van der Waals surface area contributed by atoms with E-state index in [1.807, 2.05) is 0 Å². The van der Waals surface area contributed by atoms with Gasteiger partial charge in [-0.1, -0.05) is 24.3 Å². The van der Waals surface area contributed by atoms with Gasteiger partial charge < -0.3 is 14.6 Å². The van der Waals surface area contributed by atoms with Crippen LogP contribution in [0.4, 0.5) is 26.3 Å². The first-order chi connectivity index (χ1) is 14.3. The highest BCUT2D eigenvalue weighted by atomic mass is 19.4. The minimum absolute atomic E-state index is 0.168. The van der Waals surface area contributed by atoms with E-state index >= 15 is 0 Å². The number of amides is 1. The number of nitrogens with zero attached hydrogens (tertiary/aromatic N) is 2. The Kier molecular flexibility index (Phi) is 5.56. The van der Waals surface area contributed by atoms with Crippen LogP contribution in [0.1, 0.15) is 21.5 Å². The summed E-state index contributed by atoms with van der Waals surface area (Å²) in [6.45, 7) is 0.168. The lowest BCUT2D eigenvalue weighted by molar-refractivity contribution is -0.376. The van der Waals surface area contributed by atoms with Gasteiger partial charge in [0.25, 0.3) is 11.5 Å². The Morgan fingerprint density at radius 3 is 2.03 bits per heavy atom. The topological polar surface area (TPSA) is 45.5 Å². The van der Waals surface area contributed by atoms with E-state index in [-0.39, 0.29) is 12.5 Å². The van der Waals surface area contributed by atoms with Crippen molar-refractivity contribution in [1.29, 1.82) is 0 Å². The van der Waals surface area contributed by atoms with Crippen molar-refractivity contribution >= 4 is 16.8 Å². The number of aliphatic hydroxyl groups is 1. The van der Waals surface area contributed by atoms with Crippen LogP contribution in [-0.2, 0) is 12.1 Å². The number of rotatable bonds is 4. The number of hydrogen-bond donors (Lipinski definition) is 1. The monoisotopic (exact) mass is 444 g/mol. The highest BCUT2D eigenvalue weighted by molar-refractivity contribution is 5.97. The third-order valence-corrected chi connectivity index (χ3v) is 4.97. The third-order valence-electron chi connectivity index (χ3n) is 4.97. The maximum absolute atomic E-state index is 13.0. The van der Waals surface area contributed by atoms with E-state index in [1.54, 1.807) is 49.1 Å². The summed E-state index contributed by atoms with van der Waals surface area (Å²) >= 11 is 0. The molecule has 4 nitrogen and oxygen atoms in total. The summed E-state index contributed by atoms with van der Waals surface area (Å²) in [5, 5.41) is 10.2. The Labute approximate surface area is 173 Å². The molecular weight excluding hydrogens is 426 g/mol. The number of aromatic nitrogens is 1. The molecule has 0 aliphatic heterocycles. The van der Waals surface area contributed by atoms with Gasteiger partial charge in [0.05, 0.1) is 0 Å². The van der Waals surface area contributed by atoms with Gasteiger partial charge in [-0.15, -0.1) is 0 Å². The molecule has 0 unspecified atom stereocenters. The average molecular weight is 444 g/mol. The SMILES string of the molecule is CN(C)C(=O)c1ccc2c(ccn2Cc2ccc(C(O)(C(F)(F)F)C(F)(F)F)cc2)c1. The zero-order valence-electron chi connectivity index (χ0n) is 16.4. The van der Waals surface area contributed by atoms with Crippen LogP contribution < -0.4 is 0 Å². The molecule has 1 heterocycles. The molecule has 1 aromatic heterocycles. The lowest BCUT2D eigenvalue weighted by Crippen LogP contribution is -2.53. The Bertz CT molecular complexity index is 1080. The Hall–Kier alpha value is -3.01. The summed E-state index contributed by atoms with van der Waals surface area (Å²) in [7, 11) is 3.25. The molecule has 0 saturated heterocycles. The summed E-state index contributed by atoms with van der Waals surface area (Å²) in [4.78, 5) is 13.5. The lowest BCUT2D eigenvalue weighted by atomic mass is 9.91. The van der Waals surface area contributed by atoms with Gasteiger partial charge in [-0.3, -0.25) is 4.79 Å². The number of carbonyl (C=O) groups is 1. The highest BCUT2D eigenvalue weighted by Crippen LogP contribution is 2.49. The summed E-state index contributed by atoms with van der Waals surface area (Å²) in [6, 6.07) is 10.3. The molecule has 0 saturated carbocycles. The normalized spacial score (nSPS) is 12.9. The highest BCUT2D eigenvalue weighted by Gasteiger charge is 2.71. The Balaban J connectivity index is 1.89. The van der Waals surface area contributed by atoms with E-state index in [9.17, 15) is 36.2 Å². The molecule has 166 valence electrons. The summed E-state index contributed by atoms with van der Waals surface area (Å²) < 4.78 is 79.8. The van der Waals surface area contributed by atoms with Gasteiger partial charge in [0.2, 0.25) is 0 Å². The molecule has 0 fully saturated rings. The molecule has 3 rings (SSSR count). The van der Waals surface area contributed by atoms with Crippen molar-refractivity contribution in [3.8, 4) is 0 Å². The van der Waals surface area contributed by atoms with Crippen LogP contribution in [0.25, 0.3) is 10.9 Å². The standard InChI is InChI=1S/C21H18F6N2O2/c1-28(2)18(30)15-5-8-17-14(11-15)9-10-29(17)12-13-3-6-16(7-4-13)19(31,20(22,23)24)21(25,26)27/h3-11,31H,12H2,1-2H3. The maximum atomic E-state index is 13.0. The predicted molar refractivity (Wildman–Crippen MR) is 102 cm³/mol. The van der Waals surface area contributed by atoms with Crippen LogP contribution in [-0.4, -0.2) is 46.9 Å². The minimum atomic E-state index is -5.93. The van der Waals surface area contributed by atoms with Gasteiger partial charge in [0.1, 0.15) is 0 Å². The van der Waals surface area contributed by atoms with Crippen LogP contribution in [0, 0.1) is 0 Å². The van der Waals surface area contributed by atoms with Gasteiger partial charge in [0.15, 0.2) is 0 Å². The summed E-state index contributed by atoms with van der Waals surface area (Å²) in [5.74, 6) is -0.174. The molecule has 10 heteroatoms. The van der Waals surface area contributed by atoms with Gasteiger partial charge in [-0.25, -0.2) is 0 Å². The predicted octanol–water partition coefficient (Wildman–Crippen LogP) is 4.70. The molecule has 3 aromatic rings. The fourth-order valence-electron chi connectivity index (χ4n) is 3.27. The first-order valence-corrected chi connectivity index (χ1v) is 9.01. The maximum Gasteiger partial charge on any atom is 0.430 e. The molecular formula is C21H18F6N2O2. The van der Waals surface area contributed by atoms with Gasteiger partial charge in [-0.05, 0) is 29.8 Å². The van der Waals surface area contributed by atoms with Crippen LogP contribution in [0.15, 0.2) is 54.7 Å². The smallest absolute Gasteiger partial charge is 0.369 e. The number of hydrogen-bond acceptors (Lipinski definition) is 2. The zero-order valence-corrected chi connectivity index (χ0v) is 16.4. The fourth-order valence-corrected chi connectivity index (χ4v) is 3.27. The van der Waals surface area contributed by atoms with Crippen LogP contribution in [0.3, 0.4) is 0 Å². The lowest BCUT2D eigenvalue weighted by Gasteiger charge is -2.32. The number of carbonyl (C=O) groups excluding carboxylic acids is 1. The van der Waals surface area contributed by atoms with Gasteiger partial charge in [-0.2, -0.15) is 26.3 Å². The molecule has 0 radical (unpaired) electrons. The van der Waals surface area contributed by atoms with Gasteiger partial charge >= 0.3 is 12.4 Å². The minimum Gasteiger partial charge on any atom is -0.369 e. The Morgan fingerprint density at radius 2 is 1.52 bits per heavy atom. The van der Waals surface area contributed by atoms with Crippen molar-refractivity contribution in [1.82, 2.24) is 9.47 Å². The van der Waals surface area contributed by atoms with Gasteiger partial charge in [0, 0.05) is 48.9 Å². The molecule has 1 N–H and O–H groups in total.